The average molecular weight is 362 g/mol. The van der Waals surface area contributed by atoms with Crippen LogP contribution in [-0.2, 0) is 9.54 Å². The van der Waals surface area contributed by atoms with E-state index < -0.39 is 4.75 Å². The van der Waals surface area contributed by atoms with Crippen LogP contribution in [0.2, 0.25) is 0 Å². The summed E-state index contributed by atoms with van der Waals surface area (Å²) in [6, 6.07) is 31.3. The van der Waals surface area contributed by atoms with Gasteiger partial charge in [0.05, 0.1) is 10.5 Å². The van der Waals surface area contributed by atoms with Crippen LogP contribution in [0.15, 0.2) is 91.0 Å². The molecular formula is C23H23NOS. The number of amides is 1. The highest BCUT2D eigenvalue weighted by molar-refractivity contribution is 8.01. The number of carbonyl (C=O) groups is 1. The molecule has 3 aromatic carbocycles. The number of rotatable bonds is 7. The number of benzene rings is 3. The van der Waals surface area contributed by atoms with Crippen LogP contribution in [0.5, 0.6) is 0 Å². The molecule has 3 heteroatoms. The number of carbonyl (C=O) groups excluding carboxylic acids is 1. The van der Waals surface area contributed by atoms with Gasteiger partial charge in [-0.3, -0.25) is 4.79 Å². The molecule has 1 N–H and O–H groups in total. The lowest BCUT2D eigenvalue weighted by molar-refractivity contribution is -0.118. The van der Waals surface area contributed by atoms with Crippen molar-refractivity contribution in [2.24, 2.45) is 0 Å². The maximum atomic E-state index is 12.3. The third-order valence-corrected chi connectivity index (χ3v) is 5.88. The molecule has 0 saturated carbocycles. The summed E-state index contributed by atoms with van der Waals surface area (Å²) in [6.45, 7) is 2.59. The quantitative estimate of drug-likeness (QED) is 0.610. The third-order valence-electron chi connectivity index (χ3n) is 4.33. The Balaban J connectivity index is 2.16. The standard InChI is InChI=1S/C23H23NOS/c1-2-24-22(25)18-26-23(19-12-6-3-7-13-19,20-14-8-4-9-15-20)21-16-10-5-11-17-21/h3-17H,2,18H2,1H3,(H,24,25). The minimum absolute atomic E-state index is 0.0599. The first-order chi connectivity index (χ1) is 12.8. The maximum Gasteiger partial charge on any atom is 0.230 e. The Labute approximate surface area is 159 Å². The largest absolute Gasteiger partial charge is 0.356 e. The molecule has 26 heavy (non-hydrogen) atoms. The van der Waals surface area contributed by atoms with Gasteiger partial charge >= 0.3 is 0 Å². The second kappa shape index (κ2) is 8.72. The van der Waals surface area contributed by atoms with E-state index in [0.717, 1.165) is 0 Å². The first kappa shape index (κ1) is 18.3. The molecule has 0 aliphatic rings. The maximum absolute atomic E-state index is 12.3. The number of nitrogens with one attached hydrogen (secondary N) is 1. The van der Waals surface area contributed by atoms with Crippen LogP contribution in [0.1, 0.15) is 23.6 Å². The summed E-state index contributed by atoms with van der Waals surface area (Å²) in [6.07, 6.45) is 0. The predicted molar refractivity (Wildman–Crippen MR) is 110 cm³/mol. The van der Waals surface area contributed by atoms with Gasteiger partial charge in [-0.25, -0.2) is 0 Å². The molecule has 3 rings (SSSR count). The molecule has 0 atom stereocenters. The van der Waals surface area contributed by atoms with E-state index in [0.29, 0.717) is 12.3 Å². The Morgan fingerprint density at radius 3 is 1.50 bits per heavy atom. The Kier molecular flexibility index (Phi) is 6.13. The first-order valence-corrected chi connectivity index (χ1v) is 9.83. The molecule has 2 nitrogen and oxygen atoms in total. The molecule has 0 unspecified atom stereocenters. The van der Waals surface area contributed by atoms with Crippen LogP contribution >= 0.6 is 11.8 Å². The van der Waals surface area contributed by atoms with Crippen molar-refractivity contribution in [3.63, 3.8) is 0 Å². The van der Waals surface area contributed by atoms with Gasteiger partial charge in [0.15, 0.2) is 0 Å². The molecule has 0 fully saturated rings. The summed E-state index contributed by atoms with van der Waals surface area (Å²) in [5.41, 5.74) is 3.52. The third kappa shape index (κ3) is 3.83. The monoisotopic (exact) mass is 361 g/mol. The van der Waals surface area contributed by atoms with Gasteiger partial charge < -0.3 is 5.32 Å². The van der Waals surface area contributed by atoms with Crippen molar-refractivity contribution < 1.29 is 4.79 Å². The van der Waals surface area contributed by atoms with Crippen LogP contribution in [0.3, 0.4) is 0 Å². The average Bonchev–Trinajstić information content (AvgIpc) is 2.71. The highest BCUT2D eigenvalue weighted by atomic mass is 32.2. The molecule has 3 aromatic rings. The van der Waals surface area contributed by atoms with Crippen LogP contribution < -0.4 is 5.32 Å². The second-order valence-electron chi connectivity index (χ2n) is 6.02. The Morgan fingerprint density at radius 1 is 0.769 bits per heavy atom. The molecule has 1 amide bonds. The van der Waals surface area contributed by atoms with Gasteiger partial charge in [0, 0.05) is 6.54 Å². The fourth-order valence-corrected chi connectivity index (χ4v) is 4.55. The van der Waals surface area contributed by atoms with Gasteiger partial charge in [0.25, 0.3) is 0 Å². The molecule has 132 valence electrons. The van der Waals surface area contributed by atoms with Crippen molar-refractivity contribution in [1.82, 2.24) is 5.32 Å². The molecule has 0 bridgehead atoms. The number of thioether (sulfide) groups is 1. The Morgan fingerprint density at radius 2 is 1.15 bits per heavy atom. The summed E-state index contributed by atoms with van der Waals surface area (Å²) in [5, 5.41) is 2.91. The van der Waals surface area contributed by atoms with Crippen LogP contribution in [0, 0.1) is 0 Å². The van der Waals surface area contributed by atoms with Crippen LogP contribution in [0.4, 0.5) is 0 Å². The highest BCUT2D eigenvalue weighted by Crippen LogP contribution is 2.48. The summed E-state index contributed by atoms with van der Waals surface area (Å²) in [4.78, 5) is 12.3. The van der Waals surface area contributed by atoms with Crippen molar-refractivity contribution in [1.29, 1.82) is 0 Å². The van der Waals surface area contributed by atoms with E-state index in [1.165, 1.54) is 16.7 Å². The van der Waals surface area contributed by atoms with E-state index in [-0.39, 0.29) is 5.91 Å². The van der Waals surface area contributed by atoms with Gasteiger partial charge in [-0.15, -0.1) is 11.8 Å². The van der Waals surface area contributed by atoms with Crippen molar-refractivity contribution in [2.75, 3.05) is 12.3 Å². The molecule has 0 spiro atoms. The fraction of sp³-hybridized carbons (Fsp3) is 0.174. The van der Waals surface area contributed by atoms with Gasteiger partial charge in [-0.2, -0.15) is 0 Å². The van der Waals surface area contributed by atoms with Crippen molar-refractivity contribution in [2.45, 2.75) is 11.7 Å². The van der Waals surface area contributed by atoms with E-state index in [9.17, 15) is 4.79 Å². The summed E-state index contributed by atoms with van der Waals surface area (Å²) in [5.74, 6) is 0.455. The number of hydrogen-bond donors (Lipinski definition) is 1. The molecule has 0 aliphatic heterocycles. The van der Waals surface area contributed by atoms with Crippen molar-refractivity contribution in [3.8, 4) is 0 Å². The molecule has 0 saturated heterocycles. The van der Waals surface area contributed by atoms with Gasteiger partial charge in [-0.05, 0) is 23.6 Å². The zero-order valence-electron chi connectivity index (χ0n) is 14.9. The van der Waals surface area contributed by atoms with Gasteiger partial charge in [0.1, 0.15) is 0 Å². The summed E-state index contributed by atoms with van der Waals surface area (Å²) in [7, 11) is 0. The van der Waals surface area contributed by atoms with Crippen molar-refractivity contribution in [3.05, 3.63) is 108 Å². The van der Waals surface area contributed by atoms with E-state index in [1.807, 2.05) is 25.1 Å². The molecular weight excluding hydrogens is 338 g/mol. The SMILES string of the molecule is CCNC(=O)CSC(c1ccccc1)(c1ccccc1)c1ccccc1. The summed E-state index contributed by atoms with van der Waals surface area (Å²) >= 11 is 1.66. The van der Waals surface area contributed by atoms with Crippen LogP contribution in [0.25, 0.3) is 0 Å². The minimum atomic E-state index is -0.436. The van der Waals surface area contributed by atoms with Crippen LogP contribution in [-0.4, -0.2) is 18.2 Å². The molecule has 0 heterocycles. The summed E-state index contributed by atoms with van der Waals surface area (Å²) < 4.78 is -0.436. The highest BCUT2D eigenvalue weighted by Gasteiger charge is 2.37. The zero-order valence-corrected chi connectivity index (χ0v) is 15.7. The lowest BCUT2D eigenvalue weighted by Gasteiger charge is -2.35. The van der Waals surface area contributed by atoms with E-state index in [4.69, 9.17) is 0 Å². The lowest BCUT2D eigenvalue weighted by Crippen LogP contribution is -2.31. The Bertz CT molecular complexity index is 722. The topological polar surface area (TPSA) is 29.1 Å². The normalized spacial score (nSPS) is 11.1. The Hall–Kier alpha value is -2.52. The van der Waals surface area contributed by atoms with E-state index >= 15 is 0 Å². The molecule has 0 aliphatic carbocycles. The second-order valence-corrected chi connectivity index (χ2v) is 7.21. The fourth-order valence-electron chi connectivity index (χ4n) is 3.19. The minimum Gasteiger partial charge on any atom is -0.356 e. The predicted octanol–water partition coefficient (Wildman–Crippen LogP) is 4.85. The molecule has 0 aromatic heterocycles. The first-order valence-electron chi connectivity index (χ1n) is 8.84. The lowest BCUT2D eigenvalue weighted by atomic mass is 9.84. The van der Waals surface area contributed by atoms with E-state index in [1.54, 1.807) is 11.8 Å². The van der Waals surface area contributed by atoms with Gasteiger partial charge in [0.2, 0.25) is 5.91 Å². The van der Waals surface area contributed by atoms with Crippen molar-refractivity contribution >= 4 is 17.7 Å². The smallest absolute Gasteiger partial charge is 0.230 e. The zero-order chi connectivity index (χ0) is 18.2. The number of hydrogen-bond acceptors (Lipinski definition) is 2. The molecule has 0 radical (unpaired) electrons. The van der Waals surface area contributed by atoms with E-state index in [2.05, 4.69) is 78.1 Å². The van der Waals surface area contributed by atoms with Gasteiger partial charge in [-0.1, -0.05) is 91.0 Å².